The van der Waals surface area contributed by atoms with Crippen LogP contribution in [-0.2, 0) is 11.2 Å². The van der Waals surface area contributed by atoms with Gasteiger partial charge in [0.2, 0.25) is 5.91 Å². The largest absolute Gasteiger partial charge is 0.417 e. The van der Waals surface area contributed by atoms with Gasteiger partial charge in [0, 0.05) is 11.5 Å². The van der Waals surface area contributed by atoms with Crippen LogP contribution in [-0.4, -0.2) is 17.9 Å². The molecule has 0 spiro atoms. The Bertz CT molecular complexity index is 1120. The predicted octanol–water partition coefficient (Wildman–Crippen LogP) is 6.99. The molecule has 0 heterocycles. The molecule has 2 aromatic rings. The summed E-state index contributed by atoms with van der Waals surface area (Å²) in [5, 5.41) is 2.66. The van der Waals surface area contributed by atoms with Crippen molar-refractivity contribution in [3.8, 4) is 0 Å². The monoisotopic (exact) mass is 501 g/mol. The SMILES string of the molecule is O=C(C=C(c1cc(Cl)c(Cl)c(Cl)c1)C(F)(F)F)c1ccc2c(c1)CCC2NC(=O)C1CC1. The third kappa shape index (κ3) is 4.82. The Morgan fingerprint density at radius 2 is 1.62 bits per heavy atom. The molecular formula is C23H17Cl3F3NO2. The zero-order valence-electron chi connectivity index (χ0n) is 16.5. The van der Waals surface area contributed by atoms with Crippen LogP contribution in [0.3, 0.4) is 0 Å². The van der Waals surface area contributed by atoms with Crippen molar-refractivity contribution in [2.45, 2.75) is 37.9 Å². The van der Waals surface area contributed by atoms with Crippen molar-refractivity contribution in [2.75, 3.05) is 0 Å². The molecule has 1 unspecified atom stereocenters. The number of rotatable bonds is 5. The van der Waals surface area contributed by atoms with E-state index in [2.05, 4.69) is 5.32 Å². The predicted molar refractivity (Wildman–Crippen MR) is 118 cm³/mol. The van der Waals surface area contributed by atoms with E-state index in [-0.39, 0.29) is 44.1 Å². The Balaban J connectivity index is 1.62. The highest BCUT2D eigenvalue weighted by molar-refractivity contribution is 6.48. The Kier molecular flexibility index (Phi) is 6.31. The van der Waals surface area contributed by atoms with Gasteiger partial charge in [-0.2, -0.15) is 13.2 Å². The summed E-state index contributed by atoms with van der Waals surface area (Å²) >= 11 is 17.6. The average Bonchev–Trinajstić information content (AvgIpc) is 3.51. The van der Waals surface area contributed by atoms with Crippen LogP contribution >= 0.6 is 34.8 Å². The zero-order valence-corrected chi connectivity index (χ0v) is 18.8. The van der Waals surface area contributed by atoms with Gasteiger partial charge in [-0.05, 0) is 66.6 Å². The molecule has 0 aliphatic heterocycles. The molecular weight excluding hydrogens is 486 g/mol. The second-order valence-electron chi connectivity index (χ2n) is 7.96. The van der Waals surface area contributed by atoms with Crippen LogP contribution in [0.25, 0.3) is 5.57 Å². The van der Waals surface area contributed by atoms with Gasteiger partial charge in [-0.25, -0.2) is 0 Å². The van der Waals surface area contributed by atoms with Gasteiger partial charge >= 0.3 is 6.18 Å². The normalized spacial score (nSPS) is 18.4. The molecule has 32 heavy (non-hydrogen) atoms. The summed E-state index contributed by atoms with van der Waals surface area (Å²) in [5.74, 6) is -0.686. The Morgan fingerprint density at radius 1 is 0.969 bits per heavy atom. The van der Waals surface area contributed by atoms with Gasteiger partial charge in [0.1, 0.15) is 0 Å². The maximum atomic E-state index is 13.7. The van der Waals surface area contributed by atoms with Crippen LogP contribution < -0.4 is 5.32 Å². The van der Waals surface area contributed by atoms with Crippen LogP contribution in [0.4, 0.5) is 13.2 Å². The number of halogens is 6. The summed E-state index contributed by atoms with van der Waals surface area (Å²) in [6.45, 7) is 0. The minimum Gasteiger partial charge on any atom is -0.349 e. The molecule has 1 saturated carbocycles. The average molecular weight is 503 g/mol. The van der Waals surface area contributed by atoms with E-state index in [1.54, 1.807) is 12.1 Å². The molecule has 2 aromatic carbocycles. The van der Waals surface area contributed by atoms with Crippen molar-refractivity contribution in [2.24, 2.45) is 5.92 Å². The van der Waals surface area contributed by atoms with Gasteiger partial charge < -0.3 is 5.32 Å². The number of nitrogens with one attached hydrogen (secondary N) is 1. The summed E-state index contributed by atoms with van der Waals surface area (Å²) in [7, 11) is 0. The molecule has 1 N–H and O–H groups in total. The third-order valence-electron chi connectivity index (χ3n) is 5.65. The van der Waals surface area contributed by atoms with E-state index in [9.17, 15) is 22.8 Å². The summed E-state index contributed by atoms with van der Waals surface area (Å²) in [5.41, 5.74) is 0.349. The minimum absolute atomic E-state index is 0.0287. The maximum Gasteiger partial charge on any atom is 0.417 e. The first-order valence-electron chi connectivity index (χ1n) is 9.96. The molecule has 2 aliphatic rings. The summed E-state index contributed by atoms with van der Waals surface area (Å²) in [4.78, 5) is 24.8. The van der Waals surface area contributed by atoms with Crippen molar-refractivity contribution >= 4 is 52.1 Å². The number of carbonyl (C=O) groups is 2. The van der Waals surface area contributed by atoms with Crippen LogP contribution in [0.15, 0.2) is 36.4 Å². The molecule has 0 bridgehead atoms. The van der Waals surface area contributed by atoms with E-state index >= 15 is 0 Å². The number of hydrogen-bond acceptors (Lipinski definition) is 2. The van der Waals surface area contributed by atoms with Crippen molar-refractivity contribution < 1.29 is 22.8 Å². The van der Waals surface area contributed by atoms with Gasteiger partial charge in [-0.1, -0.05) is 46.9 Å². The van der Waals surface area contributed by atoms with E-state index < -0.39 is 17.5 Å². The van der Waals surface area contributed by atoms with Crippen LogP contribution in [0.5, 0.6) is 0 Å². The van der Waals surface area contributed by atoms with Crippen molar-refractivity contribution in [3.05, 3.63) is 73.7 Å². The molecule has 1 atom stereocenters. The summed E-state index contributed by atoms with van der Waals surface area (Å²) in [6.07, 6.45) is -1.15. The minimum atomic E-state index is -4.81. The lowest BCUT2D eigenvalue weighted by Crippen LogP contribution is -2.28. The first-order valence-corrected chi connectivity index (χ1v) is 11.1. The number of carbonyl (C=O) groups excluding carboxylic acids is 2. The topological polar surface area (TPSA) is 46.2 Å². The zero-order chi connectivity index (χ0) is 23.2. The van der Waals surface area contributed by atoms with Gasteiger partial charge in [-0.15, -0.1) is 0 Å². The second-order valence-corrected chi connectivity index (χ2v) is 9.15. The number of ketones is 1. The van der Waals surface area contributed by atoms with Gasteiger partial charge in [0.25, 0.3) is 0 Å². The van der Waals surface area contributed by atoms with Crippen molar-refractivity contribution in [3.63, 3.8) is 0 Å². The summed E-state index contributed by atoms with van der Waals surface area (Å²) < 4.78 is 41.2. The molecule has 1 fully saturated rings. The summed E-state index contributed by atoms with van der Waals surface area (Å²) in [6, 6.07) is 6.69. The van der Waals surface area contributed by atoms with Gasteiger partial charge in [0.15, 0.2) is 5.78 Å². The smallest absolute Gasteiger partial charge is 0.349 e. The maximum absolute atomic E-state index is 13.7. The van der Waals surface area contributed by atoms with E-state index in [1.807, 2.05) is 0 Å². The lowest BCUT2D eigenvalue weighted by molar-refractivity contribution is -0.123. The second kappa shape index (κ2) is 8.73. The first-order chi connectivity index (χ1) is 15.0. The lowest BCUT2D eigenvalue weighted by atomic mass is 9.98. The number of hydrogen-bond donors (Lipinski definition) is 1. The van der Waals surface area contributed by atoms with E-state index in [0.29, 0.717) is 18.9 Å². The molecule has 4 rings (SSSR count). The van der Waals surface area contributed by atoms with E-state index in [1.165, 1.54) is 6.07 Å². The highest BCUT2D eigenvalue weighted by Gasteiger charge is 2.36. The van der Waals surface area contributed by atoms with Crippen LogP contribution in [0.1, 0.15) is 52.4 Å². The molecule has 3 nitrogen and oxygen atoms in total. The fraction of sp³-hybridized carbons (Fsp3) is 0.304. The fourth-order valence-corrected chi connectivity index (χ4v) is 4.41. The Morgan fingerprint density at radius 3 is 2.22 bits per heavy atom. The number of alkyl halides is 3. The number of fused-ring (bicyclic) bond motifs is 1. The van der Waals surface area contributed by atoms with Crippen molar-refractivity contribution in [1.29, 1.82) is 0 Å². The van der Waals surface area contributed by atoms with Crippen LogP contribution in [0, 0.1) is 5.92 Å². The standard InChI is InChI=1S/C23H17Cl3F3NO2/c24-17-8-14(9-18(25)21(17)26)16(23(27,28)29)10-20(31)13-3-5-15-12(7-13)4-6-19(15)30-22(32)11-1-2-11/h3,5,7-11,19H,1-2,4,6H2,(H,30,32). The highest BCUT2D eigenvalue weighted by Crippen LogP contribution is 2.40. The Labute approximate surface area is 197 Å². The van der Waals surface area contributed by atoms with Crippen LogP contribution in [0.2, 0.25) is 15.1 Å². The Hall–Kier alpha value is -2.02. The van der Waals surface area contributed by atoms with Gasteiger partial charge in [-0.3, -0.25) is 9.59 Å². The van der Waals surface area contributed by atoms with Crippen molar-refractivity contribution in [1.82, 2.24) is 5.32 Å². The number of amides is 1. The lowest BCUT2D eigenvalue weighted by Gasteiger charge is -2.15. The molecule has 0 radical (unpaired) electrons. The van der Waals surface area contributed by atoms with E-state index in [4.69, 9.17) is 34.8 Å². The number of aryl methyl sites for hydroxylation is 1. The first kappa shape index (κ1) is 23.1. The van der Waals surface area contributed by atoms with Gasteiger partial charge in [0.05, 0.1) is 26.7 Å². The molecule has 1 amide bonds. The molecule has 0 saturated heterocycles. The quantitative estimate of drug-likeness (QED) is 0.272. The van der Waals surface area contributed by atoms with E-state index in [0.717, 1.165) is 36.1 Å². The highest BCUT2D eigenvalue weighted by atomic mass is 35.5. The molecule has 2 aliphatic carbocycles. The third-order valence-corrected chi connectivity index (χ3v) is 6.84. The molecule has 9 heteroatoms. The molecule has 0 aromatic heterocycles. The number of benzene rings is 2. The molecule has 168 valence electrons. The number of allylic oxidation sites excluding steroid dienone is 2. The fourth-order valence-electron chi connectivity index (χ4n) is 3.81.